The molecule has 0 amide bonds. The van der Waals surface area contributed by atoms with Crippen LogP contribution in [-0.4, -0.2) is 0 Å². The Hall–Kier alpha value is -3.06. The first kappa shape index (κ1) is 14.3. The van der Waals surface area contributed by atoms with Gasteiger partial charge >= 0.3 is 0 Å². The summed E-state index contributed by atoms with van der Waals surface area (Å²) in [6.07, 6.45) is 0. The second-order valence-electron chi connectivity index (χ2n) is 6.74. The van der Waals surface area contributed by atoms with E-state index in [9.17, 15) is 0 Å². The van der Waals surface area contributed by atoms with Crippen molar-refractivity contribution in [3.8, 4) is 11.1 Å². The second-order valence-corrected chi connectivity index (χ2v) is 6.74. The quantitative estimate of drug-likeness (QED) is 0.323. The number of hydrogen-bond acceptors (Lipinski definition) is 1. The molecule has 1 nitrogen and oxygen atoms in total. The molecular formula is C24H18O. The zero-order valence-corrected chi connectivity index (χ0v) is 14.3. The van der Waals surface area contributed by atoms with Gasteiger partial charge in [-0.05, 0) is 65.1 Å². The van der Waals surface area contributed by atoms with Crippen molar-refractivity contribution < 1.29 is 4.42 Å². The van der Waals surface area contributed by atoms with E-state index in [1.165, 1.54) is 43.8 Å². The van der Waals surface area contributed by atoms with Gasteiger partial charge in [-0.1, -0.05) is 54.6 Å². The van der Waals surface area contributed by atoms with Crippen molar-refractivity contribution in [2.24, 2.45) is 0 Å². The van der Waals surface area contributed by atoms with Crippen LogP contribution in [0, 0.1) is 13.8 Å². The topological polar surface area (TPSA) is 13.1 Å². The summed E-state index contributed by atoms with van der Waals surface area (Å²) in [7, 11) is 0. The lowest BCUT2D eigenvalue weighted by molar-refractivity contribution is 0.669. The van der Waals surface area contributed by atoms with Crippen LogP contribution in [0.1, 0.15) is 11.1 Å². The number of furan rings is 1. The summed E-state index contributed by atoms with van der Waals surface area (Å²) in [5, 5.41) is 4.91. The molecule has 4 aromatic carbocycles. The number of hydrogen-bond donors (Lipinski definition) is 0. The highest BCUT2D eigenvalue weighted by Crippen LogP contribution is 2.38. The summed E-state index contributed by atoms with van der Waals surface area (Å²) < 4.78 is 6.06. The van der Waals surface area contributed by atoms with E-state index in [0.29, 0.717) is 0 Å². The lowest BCUT2D eigenvalue weighted by Crippen LogP contribution is -1.88. The Morgan fingerprint density at radius 2 is 1.40 bits per heavy atom. The Kier molecular flexibility index (Phi) is 2.98. The molecule has 120 valence electrons. The van der Waals surface area contributed by atoms with Gasteiger partial charge in [0.2, 0.25) is 0 Å². The van der Waals surface area contributed by atoms with Gasteiger partial charge in [-0.25, -0.2) is 0 Å². The molecular weight excluding hydrogens is 304 g/mol. The van der Waals surface area contributed by atoms with E-state index in [-0.39, 0.29) is 0 Å². The van der Waals surface area contributed by atoms with Crippen LogP contribution in [0.4, 0.5) is 0 Å². The molecule has 0 saturated carbocycles. The highest BCUT2D eigenvalue weighted by atomic mass is 16.3. The molecule has 1 aromatic heterocycles. The first-order chi connectivity index (χ1) is 12.2. The van der Waals surface area contributed by atoms with Crippen LogP contribution in [0.5, 0.6) is 0 Å². The Balaban J connectivity index is 1.94. The summed E-state index contributed by atoms with van der Waals surface area (Å²) in [5.74, 6) is 0. The minimum Gasteiger partial charge on any atom is -0.456 e. The second kappa shape index (κ2) is 5.22. The van der Waals surface area contributed by atoms with Crippen molar-refractivity contribution in [1.29, 1.82) is 0 Å². The largest absolute Gasteiger partial charge is 0.456 e. The molecule has 0 radical (unpaired) electrons. The van der Waals surface area contributed by atoms with Crippen molar-refractivity contribution >= 4 is 32.7 Å². The van der Waals surface area contributed by atoms with Crippen LogP contribution in [0.3, 0.4) is 0 Å². The molecule has 0 unspecified atom stereocenters. The van der Waals surface area contributed by atoms with Crippen LogP contribution < -0.4 is 0 Å². The maximum absolute atomic E-state index is 6.06. The molecule has 0 fully saturated rings. The minimum absolute atomic E-state index is 0.947. The van der Waals surface area contributed by atoms with Crippen molar-refractivity contribution in [3.63, 3.8) is 0 Å². The molecule has 1 heterocycles. The third-order valence-electron chi connectivity index (χ3n) is 5.14. The molecule has 0 saturated heterocycles. The lowest BCUT2D eigenvalue weighted by atomic mass is 9.92. The van der Waals surface area contributed by atoms with Gasteiger partial charge in [-0.15, -0.1) is 0 Å². The van der Waals surface area contributed by atoms with Gasteiger partial charge in [-0.2, -0.15) is 0 Å². The maximum atomic E-state index is 6.06. The van der Waals surface area contributed by atoms with Crippen LogP contribution in [-0.2, 0) is 0 Å². The van der Waals surface area contributed by atoms with Crippen molar-refractivity contribution in [2.75, 3.05) is 0 Å². The molecule has 25 heavy (non-hydrogen) atoms. The first-order valence-corrected chi connectivity index (χ1v) is 8.63. The Morgan fingerprint density at radius 3 is 2.28 bits per heavy atom. The van der Waals surface area contributed by atoms with Crippen molar-refractivity contribution in [2.45, 2.75) is 13.8 Å². The van der Waals surface area contributed by atoms with Crippen LogP contribution in [0.2, 0.25) is 0 Å². The van der Waals surface area contributed by atoms with Gasteiger partial charge in [-0.3, -0.25) is 0 Å². The number of para-hydroxylation sites is 1. The number of fused-ring (bicyclic) bond motifs is 5. The third kappa shape index (κ3) is 2.09. The van der Waals surface area contributed by atoms with Crippen LogP contribution in [0.25, 0.3) is 43.8 Å². The molecule has 1 heteroatoms. The molecule has 5 rings (SSSR count). The lowest BCUT2D eigenvalue weighted by Gasteiger charge is -2.12. The summed E-state index contributed by atoms with van der Waals surface area (Å²) >= 11 is 0. The maximum Gasteiger partial charge on any atom is 0.136 e. The van der Waals surface area contributed by atoms with Crippen molar-refractivity contribution in [1.82, 2.24) is 0 Å². The summed E-state index contributed by atoms with van der Waals surface area (Å²) in [4.78, 5) is 0. The standard InChI is InChI=1S/C24H18O/c1-15-7-3-4-8-18(15)20-14-21-17(13-16(20)2)11-12-23-24(21)19-9-5-6-10-22(19)25-23/h3-14H,1-2H3. The molecule has 0 spiro atoms. The van der Waals surface area contributed by atoms with E-state index in [1.807, 2.05) is 12.1 Å². The fourth-order valence-electron chi connectivity index (χ4n) is 3.87. The Labute approximate surface area is 146 Å². The summed E-state index contributed by atoms with van der Waals surface area (Å²) in [6.45, 7) is 4.37. The first-order valence-electron chi connectivity index (χ1n) is 8.63. The summed E-state index contributed by atoms with van der Waals surface area (Å²) in [5.41, 5.74) is 7.09. The Morgan fingerprint density at radius 1 is 0.600 bits per heavy atom. The number of rotatable bonds is 1. The predicted octanol–water partition coefficient (Wildman–Crippen LogP) is 7.02. The molecule has 0 bridgehead atoms. The van der Waals surface area contributed by atoms with Gasteiger partial charge in [0.15, 0.2) is 0 Å². The monoisotopic (exact) mass is 322 g/mol. The SMILES string of the molecule is Cc1ccccc1-c1cc2c(ccc3oc4ccccc4c32)cc1C. The van der Waals surface area contributed by atoms with E-state index < -0.39 is 0 Å². The molecule has 0 aliphatic rings. The fraction of sp³-hybridized carbons (Fsp3) is 0.0833. The fourth-order valence-corrected chi connectivity index (χ4v) is 3.87. The molecule has 0 aliphatic heterocycles. The average molecular weight is 322 g/mol. The average Bonchev–Trinajstić information content (AvgIpc) is 3.01. The van der Waals surface area contributed by atoms with Crippen LogP contribution >= 0.6 is 0 Å². The predicted molar refractivity (Wildman–Crippen MR) is 106 cm³/mol. The highest BCUT2D eigenvalue weighted by molar-refractivity contribution is 6.19. The van der Waals surface area contributed by atoms with E-state index >= 15 is 0 Å². The van der Waals surface area contributed by atoms with Gasteiger partial charge in [0, 0.05) is 10.8 Å². The van der Waals surface area contributed by atoms with Gasteiger partial charge < -0.3 is 4.42 Å². The molecule has 5 aromatic rings. The minimum atomic E-state index is 0.947. The van der Waals surface area contributed by atoms with Crippen molar-refractivity contribution in [3.05, 3.63) is 83.9 Å². The zero-order chi connectivity index (χ0) is 17.0. The number of aryl methyl sites for hydroxylation is 2. The normalized spacial score (nSPS) is 11.6. The molecule has 0 aliphatic carbocycles. The number of benzene rings is 4. The van der Waals surface area contributed by atoms with E-state index in [4.69, 9.17) is 4.42 Å². The van der Waals surface area contributed by atoms with Gasteiger partial charge in [0.05, 0.1) is 0 Å². The third-order valence-corrected chi connectivity index (χ3v) is 5.14. The van der Waals surface area contributed by atoms with Gasteiger partial charge in [0.1, 0.15) is 11.2 Å². The highest BCUT2D eigenvalue weighted by Gasteiger charge is 2.13. The molecule has 0 atom stereocenters. The Bertz CT molecular complexity index is 1260. The molecule has 0 N–H and O–H groups in total. The van der Waals surface area contributed by atoms with Gasteiger partial charge in [0.25, 0.3) is 0 Å². The van der Waals surface area contributed by atoms with E-state index in [0.717, 1.165) is 11.2 Å². The van der Waals surface area contributed by atoms with Crippen LogP contribution in [0.15, 0.2) is 77.2 Å². The van der Waals surface area contributed by atoms with E-state index in [1.54, 1.807) is 0 Å². The van der Waals surface area contributed by atoms with E-state index in [2.05, 4.69) is 74.5 Å². The summed E-state index contributed by atoms with van der Waals surface area (Å²) in [6, 6.07) is 25.7. The smallest absolute Gasteiger partial charge is 0.136 e. The zero-order valence-electron chi connectivity index (χ0n) is 14.3.